The number of fused-ring (bicyclic) bond motifs is 1. The van der Waals surface area contributed by atoms with E-state index in [-0.39, 0.29) is 23.7 Å². The number of rotatable bonds is 7. The molecule has 1 aromatic carbocycles. The van der Waals surface area contributed by atoms with Gasteiger partial charge in [-0.05, 0) is 87.6 Å². The fraction of sp³-hybridized carbons (Fsp3) is 0.387. The van der Waals surface area contributed by atoms with Crippen LogP contribution in [0.1, 0.15) is 36.2 Å². The minimum atomic E-state index is -0.322. The van der Waals surface area contributed by atoms with E-state index in [9.17, 15) is 9.59 Å². The van der Waals surface area contributed by atoms with Gasteiger partial charge in [-0.1, -0.05) is 12.1 Å². The normalized spacial score (nSPS) is 17.0. The molecule has 4 aromatic rings. The summed E-state index contributed by atoms with van der Waals surface area (Å²) >= 11 is 0. The third kappa shape index (κ3) is 5.27. The lowest BCUT2D eigenvalue weighted by Crippen LogP contribution is -2.46. The van der Waals surface area contributed by atoms with Gasteiger partial charge in [0.05, 0.1) is 6.54 Å². The van der Waals surface area contributed by atoms with E-state index >= 15 is 0 Å². The van der Waals surface area contributed by atoms with Crippen LogP contribution in [0.25, 0.3) is 16.9 Å². The Hall–Kier alpha value is -4.51. The molecule has 11 nitrogen and oxygen atoms in total. The average molecular weight is 568 g/mol. The van der Waals surface area contributed by atoms with E-state index in [1.54, 1.807) is 36.0 Å². The predicted molar refractivity (Wildman–Crippen MR) is 165 cm³/mol. The molecule has 2 aliphatic heterocycles. The maximum Gasteiger partial charge on any atom is 0.278 e. The largest absolute Gasteiger partial charge is 0.371 e. The summed E-state index contributed by atoms with van der Waals surface area (Å²) in [6.45, 7) is 8.62. The smallest absolute Gasteiger partial charge is 0.278 e. The van der Waals surface area contributed by atoms with E-state index < -0.39 is 0 Å². The summed E-state index contributed by atoms with van der Waals surface area (Å²) in [4.78, 5) is 44.0. The molecule has 11 heteroatoms. The van der Waals surface area contributed by atoms with Crippen LogP contribution in [-0.2, 0) is 6.54 Å². The molecule has 218 valence electrons. The van der Waals surface area contributed by atoms with Crippen LogP contribution >= 0.6 is 0 Å². The van der Waals surface area contributed by atoms with Crippen molar-refractivity contribution in [3.8, 4) is 5.82 Å². The van der Waals surface area contributed by atoms with Crippen LogP contribution in [0.15, 0.2) is 66.1 Å². The summed E-state index contributed by atoms with van der Waals surface area (Å²) in [5, 5.41) is 6.21. The summed E-state index contributed by atoms with van der Waals surface area (Å²) in [5.74, 6) is 0.421. The summed E-state index contributed by atoms with van der Waals surface area (Å²) in [5.41, 5.74) is 2.94. The number of hydrogen-bond donors (Lipinski definition) is 2. The number of allylic oxidation sites excluding steroid dienone is 1. The summed E-state index contributed by atoms with van der Waals surface area (Å²) in [6.07, 6.45) is 8.28. The van der Waals surface area contributed by atoms with Crippen LogP contribution in [0, 0.1) is 5.41 Å². The van der Waals surface area contributed by atoms with Gasteiger partial charge in [0.2, 0.25) is 5.95 Å². The van der Waals surface area contributed by atoms with Gasteiger partial charge < -0.3 is 20.4 Å². The standard InChI is InChI=1S/C31H37N9O2/c1-4-16-39-29(42)24-21-33-30(36-27(24)40(39)26-7-5-6-25(35-26)28(41)32-2)34-22-8-10-23(11-9-22)38-19-14-31(15-20-38)12-17-37(3)18-13-31/h4-11,21H,1,12-20H2,2-3H3,(H,32,41)(H,33,34,36). The molecule has 2 aliphatic rings. The number of piperidine rings is 2. The molecule has 2 fully saturated rings. The molecule has 0 atom stereocenters. The van der Waals surface area contributed by atoms with E-state index in [1.807, 2.05) is 12.1 Å². The summed E-state index contributed by atoms with van der Waals surface area (Å²) < 4.78 is 3.09. The SMILES string of the molecule is C=CCn1c(=O)c2cnc(Nc3ccc(N4CCC5(CCN(C)CC5)CC4)cc3)nc2n1-c1cccc(C(=O)NC)n1. The van der Waals surface area contributed by atoms with Crippen molar-refractivity contribution in [2.75, 3.05) is 50.5 Å². The van der Waals surface area contributed by atoms with E-state index in [1.165, 1.54) is 55.3 Å². The highest BCUT2D eigenvalue weighted by atomic mass is 16.2. The Morgan fingerprint density at radius 1 is 1.02 bits per heavy atom. The minimum Gasteiger partial charge on any atom is -0.371 e. The molecule has 42 heavy (non-hydrogen) atoms. The first-order chi connectivity index (χ1) is 20.4. The molecular weight excluding hydrogens is 530 g/mol. The van der Waals surface area contributed by atoms with Gasteiger partial charge >= 0.3 is 0 Å². The number of pyridine rings is 1. The maximum absolute atomic E-state index is 13.2. The minimum absolute atomic E-state index is 0.233. The molecule has 3 aromatic heterocycles. The van der Waals surface area contributed by atoms with E-state index in [0.717, 1.165) is 18.8 Å². The Labute approximate surface area is 244 Å². The summed E-state index contributed by atoms with van der Waals surface area (Å²) in [7, 11) is 3.77. The van der Waals surface area contributed by atoms with Gasteiger partial charge in [-0.2, -0.15) is 4.98 Å². The van der Waals surface area contributed by atoms with Crippen molar-refractivity contribution in [3.63, 3.8) is 0 Å². The topological polar surface area (TPSA) is 113 Å². The fourth-order valence-corrected chi connectivity index (χ4v) is 6.12. The molecule has 0 radical (unpaired) electrons. The molecule has 0 aliphatic carbocycles. The van der Waals surface area contributed by atoms with Crippen molar-refractivity contribution in [1.82, 2.24) is 34.5 Å². The molecule has 0 unspecified atom stereocenters. The fourth-order valence-electron chi connectivity index (χ4n) is 6.12. The lowest BCUT2D eigenvalue weighted by molar-refractivity contribution is 0.0945. The average Bonchev–Trinajstić information content (AvgIpc) is 3.29. The number of benzene rings is 1. The van der Waals surface area contributed by atoms with Crippen molar-refractivity contribution in [2.45, 2.75) is 32.2 Å². The van der Waals surface area contributed by atoms with E-state index in [4.69, 9.17) is 4.98 Å². The molecule has 2 saturated heterocycles. The van der Waals surface area contributed by atoms with Crippen LogP contribution in [0.5, 0.6) is 0 Å². The zero-order valence-corrected chi connectivity index (χ0v) is 24.2. The first kappa shape index (κ1) is 27.6. The van der Waals surface area contributed by atoms with Crippen LogP contribution in [0.2, 0.25) is 0 Å². The summed E-state index contributed by atoms with van der Waals surface area (Å²) in [6, 6.07) is 13.4. The van der Waals surface area contributed by atoms with Gasteiger partial charge in [0, 0.05) is 37.7 Å². The van der Waals surface area contributed by atoms with Crippen molar-refractivity contribution >= 4 is 34.3 Å². The highest BCUT2D eigenvalue weighted by Crippen LogP contribution is 2.42. The monoisotopic (exact) mass is 567 g/mol. The van der Waals surface area contributed by atoms with E-state index in [2.05, 4.69) is 56.2 Å². The lowest BCUT2D eigenvalue weighted by atomic mass is 9.71. The van der Waals surface area contributed by atoms with Crippen LogP contribution < -0.4 is 21.1 Å². The van der Waals surface area contributed by atoms with Gasteiger partial charge in [-0.25, -0.2) is 19.3 Å². The Morgan fingerprint density at radius 2 is 1.74 bits per heavy atom. The zero-order valence-electron chi connectivity index (χ0n) is 24.2. The first-order valence-electron chi connectivity index (χ1n) is 14.5. The Kier molecular flexibility index (Phi) is 7.51. The number of carbonyl (C=O) groups is 1. The highest BCUT2D eigenvalue weighted by Gasteiger charge is 2.36. The number of anilines is 3. The number of hydrogen-bond acceptors (Lipinski definition) is 8. The molecule has 1 amide bonds. The van der Waals surface area contributed by atoms with Gasteiger partial charge in [-0.3, -0.25) is 9.59 Å². The van der Waals surface area contributed by atoms with Crippen LogP contribution in [-0.4, -0.2) is 75.4 Å². The molecule has 2 N–H and O–H groups in total. The van der Waals surface area contributed by atoms with Crippen molar-refractivity contribution in [3.05, 3.63) is 77.4 Å². The Morgan fingerprint density at radius 3 is 2.43 bits per heavy atom. The predicted octanol–water partition coefficient (Wildman–Crippen LogP) is 3.58. The second kappa shape index (κ2) is 11.4. The second-order valence-corrected chi connectivity index (χ2v) is 11.3. The Bertz CT molecular complexity index is 1660. The first-order valence-corrected chi connectivity index (χ1v) is 14.5. The quantitative estimate of drug-likeness (QED) is 0.326. The maximum atomic E-state index is 13.2. The van der Waals surface area contributed by atoms with Crippen molar-refractivity contribution < 1.29 is 4.79 Å². The number of carbonyl (C=O) groups excluding carboxylic acids is 1. The third-order valence-corrected chi connectivity index (χ3v) is 8.75. The molecule has 1 spiro atoms. The molecule has 6 rings (SSSR count). The number of aromatic nitrogens is 5. The van der Waals surface area contributed by atoms with Crippen LogP contribution in [0.3, 0.4) is 0 Å². The lowest BCUT2D eigenvalue weighted by Gasteiger charge is -2.46. The van der Waals surface area contributed by atoms with Gasteiger partial charge in [-0.15, -0.1) is 6.58 Å². The van der Waals surface area contributed by atoms with Crippen LogP contribution in [0.4, 0.5) is 17.3 Å². The number of nitrogens with one attached hydrogen (secondary N) is 2. The number of nitrogens with zero attached hydrogens (tertiary/aromatic N) is 7. The Balaban J connectivity index is 1.23. The number of likely N-dealkylation sites (tertiary alicyclic amines) is 1. The number of amides is 1. The second-order valence-electron chi connectivity index (χ2n) is 11.3. The third-order valence-electron chi connectivity index (χ3n) is 8.75. The van der Waals surface area contributed by atoms with E-state index in [0.29, 0.717) is 28.2 Å². The van der Waals surface area contributed by atoms with Gasteiger partial charge in [0.1, 0.15) is 11.1 Å². The molecular formula is C31H37N9O2. The molecule has 0 bridgehead atoms. The highest BCUT2D eigenvalue weighted by molar-refractivity contribution is 5.92. The van der Waals surface area contributed by atoms with Crippen molar-refractivity contribution in [1.29, 1.82) is 0 Å². The molecule has 0 saturated carbocycles. The van der Waals surface area contributed by atoms with Gasteiger partial charge in [0.15, 0.2) is 11.5 Å². The zero-order chi connectivity index (χ0) is 29.3. The van der Waals surface area contributed by atoms with Gasteiger partial charge in [0.25, 0.3) is 11.5 Å². The van der Waals surface area contributed by atoms with Crippen molar-refractivity contribution in [2.24, 2.45) is 5.41 Å². The molecule has 5 heterocycles.